The molecule has 0 atom stereocenters. The van der Waals surface area contributed by atoms with Gasteiger partial charge in [-0.1, -0.05) is 0 Å². The number of halogens is 1. The van der Waals surface area contributed by atoms with Crippen LogP contribution in [0.25, 0.3) is 0 Å². The van der Waals surface area contributed by atoms with Crippen LogP contribution >= 0.6 is 0 Å². The molecule has 0 bridgehead atoms. The molecule has 16 heavy (non-hydrogen) atoms. The Labute approximate surface area is 92.7 Å². The van der Waals surface area contributed by atoms with Crippen molar-refractivity contribution in [2.75, 3.05) is 6.61 Å². The van der Waals surface area contributed by atoms with Crippen molar-refractivity contribution in [1.82, 2.24) is 14.5 Å². The molecule has 0 spiro atoms. The summed E-state index contributed by atoms with van der Waals surface area (Å²) in [6, 6.07) is 3.19. The van der Waals surface area contributed by atoms with E-state index in [9.17, 15) is 4.39 Å². The summed E-state index contributed by atoms with van der Waals surface area (Å²) in [7, 11) is 1.91. The Morgan fingerprint density at radius 2 is 2.25 bits per heavy atom. The first-order chi connectivity index (χ1) is 7.77. The van der Waals surface area contributed by atoms with E-state index in [-0.39, 0.29) is 5.75 Å². The summed E-state index contributed by atoms with van der Waals surface area (Å²) < 4.78 is 20.3. The molecule has 0 aromatic carbocycles. The molecule has 2 heterocycles. The van der Waals surface area contributed by atoms with Crippen LogP contribution in [-0.2, 0) is 13.5 Å². The minimum absolute atomic E-state index is 0.178. The Bertz CT molecular complexity index is 470. The summed E-state index contributed by atoms with van der Waals surface area (Å²) in [5, 5.41) is 0. The minimum atomic E-state index is -0.581. The molecular formula is C11H12FN3O. The van der Waals surface area contributed by atoms with Crippen LogP contribution in [0.2, 0.25) is 0 Å². The van der Waals surface area contributed by atoms with E-state index in [1.807, 2.05) is 17.8 Å². The second-order valence-corrected chi connectivity index (χ2v) is 3.35. The Kier molecular flexibility index (Phi) is 3.14. The molecule has 0 aliphatic carbocycles. The summed E-state index contributed by atoms with van der Waals surface area (Å²) in [4.78, 5) is 7.64. The highest BCUT2D eigenvalue weighted by molar-refractivity contribution is 5.17. The van der Waals surface area contributed by atoms with Gasteiger partial charge in [-0.3, -0.25) is 0 Å². The van der Waals surface area contributed by atoms with Gasteiger partial charge in [0.2, 0.25) is 0 Å². The number of hydrogen-bond acceptors (Lipinski definition) is 3. The van der Waals surface area contributed by atoms with Crippen LogP contribution in [-0.4, -0.2) is 21.1 Å². The maximum Gasteiger partial charge on any atom is 0.255 e. The lowest BCUT2D eigenvalue weighted by Gasteiger charge is -2.06. The third-order valence-electron chi connectivity index (χ3n) is 2.23. The minimum Gasteiger partial charge on any atom is -0.488 e. The molecule has 5 heteroatoms. The monoisotopic (exact) mass is 221 g/mol. The Morgan fingerprint density at radius 1 is 1.38 bits per heavy atom. The lowest BCUT2D eigenvalue weighted by Crippen LogP contribution is -2.07. The molecule has 0 saturated heterocycles. The van der Waals surface area contributed by atoms with Crippen molar-refractivity contribution in [2.24, 2.45) is 7.05 Å². The molecular weight excluding hydrogens is 209 g/mol. The van der Waals surface area contributed by atoms with E-state index in [1.165, 1.54) is 6.20 Å². The average Bonchev–Trinajstić information content (AvgIpc) is 2.67. The van der Waals surface area contributed by atoms with Crippen molar-refractivity contribution in [2.45, 2.75) is 6.42 Å². The zero-order chi connectivity index (χ0) is 11.4. The van der Waals surface area contributed by atoms with Crippen LogP contribution in [0, 0.1) is 5.95 Å². The number of pyridine rings is 1. The summed E-state index contributed by atoms with van der Waals surface area (Å²) >= 11 is 0. The number of aryl methyl sites for hydroxylation is 1. The highest BCUT2D eigenvalue weighted by Crippen LogP contribution is 2.12. The normalized spacial score (nSPS) is 10.4. The predicted molar refractivity (Wildman–Crippen MR) is 56.6 cm³/mol. The van der Waals surface area contributed by atoms with Gasteiger partial charge >= 0.3 is 0 Å². The molecule has 0 amide bonds. The number of rotatable bonds is 4. The number of ether oxygens (including phenoxy) is 1. The molecule has 0 aliphatic heterocycles. The number of hydrogen-bond donors (Lipinski definition) is 0. The molecule has 2 rings (SSSR count). The van der Waals surface area contributed by atoms with Crippen LogP contribution < -0.4 is 4.74 Å². The molecule has 2 aromatic rings. The number of nitrogens with zero attached hydrogens (tertiary/aromatic N) is 3. The van der Waals surface area contributed by atoms with Crippen LogP contribution in [0.3, 0.4) is 0 Å². The molecule has 0 fully saturated rings. The molecule has 0 N–H and O–H groups in total. The Morgan fingerprint density at radius 3 is 2.94 bits per heavy atom. The van der Waals surface area contributed by atoms with E-state index in [0.717, 1.165) is 5.82 Å². The van der Waals surface area contributed by atoms with Gasteiger partial charge in [-0.15, -0.1) is 0 Å². The van der Waals surface area contributed by atoms with Gasteiger partial charge in [0.15, 0.2) is 5.75 Å². The fourth-order valence-corrected chi connectivity index (χ4v) is 1.37. The van der Waals surface area contributed by atoms with Crippen LogP contribution in [0.1, 0.15) is 5.82 Å². The Hall–Kier alpha value is -1.91. The quantitative estimate of drug-likeness (QED) is 0.736. The summed E-state index contributed by atoms with van der Waals surface area (Å²) in [5.41, 5.74) is 0. The average molecular weight is 221 g/mol. The second-order valence-electron chi connectivity index (χ2n) is 3.35. The Balaban J connectivity index is 1.89. The largest absolute Gasteiger partial charge is 0.488 e. The van der Waals surface area contributed by atoms with Gasteiger partial charge in [0.25, 0.3) is 5.95 Å². The number of aromatic nitrogens is 3. The first-order valence-corrected chi connectivity index (χ1v) is 4.97. The van der Waals surface area contributed by atoms with Crippen molar-refractivity contribution in [1.29, 1.82) is 0 Å². The van der Waals surface area contributed by atoms with Gasteiger partial charge in [0.1, 0.15) is 5.82 Å². The van der Waals surface area contributed by atoms with Crippen molar-refractivity contribution < 1.29 is 9.13 Å². The SMILES string of the molecule is Cn1ccnc1CCOc1cccnc1F. The smallest absolute Gasteiger partial charge is 0.255 e. The summed E-state index contributed by atoms with van der Waals surface area (Å²) in [5.74, 6) is 0.503. The van der Waals surface area contributed by atoms with E-state index in [1.54, 1.807) is 18.3 Å². The first-order valence-electron chi connectivity index (χ1n) is 4.97. The third kappa shape index (κ3) is 2.36. The zero-order valence-corrected chi connectivity index (χ0v) is 8.93. The maximum atomic E-state index is 13.1. The summed E-state index contributed by atoms with van der Waals surface area (Å²) in [6.45, 7) is 0.382. The molecule has 84 valence electrons. The highest BCUT2D eigenvalue weighted by Gasteiger charge is 2.04. The predicted octanol–water partition coefficient (Wildman–Crippen LogP) is 1.58. The van der Waals surface area contributed by atoms with Crippen molar-refractivity contribution in [3.05, 3.63) is 42.5 Å². The van der Waals surface area contributed by atoms with Crippen molar-refractivity contribution >= 4 is 0 Å². The van der Waals surface area contributed by atoms with Gasteiger partial charge in [-0.05, 0) is 12.1 Å². The third-order valence-corrected chi connectivity index (χ3v) is 2.23. The van der Waals surface area contributed by atoms with Crippen molar-refractivity contribution in [3.8, 4) is 5.75 Å². The van der Waals surface area contributed by atoms with Gasteiger partial charge in [-0.25, -0.2) is 9.97 Å². The maximum absolute atomic E-state index is 13.1. The van der Waals surface area contributed by atoms with E-state index in [0.29, 0.717) is 13.0 Å². The lowest BCUT2D eigenvalue weighted by molar-refractivity contribution is 0.297. The van der Waals surface area contributed by atoms with Gasteiger partial charge < -0.3 is 9.30 Å². The second kappa shape index (κ2) is 4.74. The first kappa shape index (κ1) is 10.6. The zero-order valence-electron chi connectivity index (χ0n) is 8.93. The summed E-state index contributed by atoms with van der Waals surface area (Å²) in [6.07, 6.45) is 5.61. The van der Waals surface area contributed by atoms with E-state index in [2.05, 4.69) is 9.97 Å². The number of imidazole rings is 1. The van der Waals surface area contributed by atoms with Crippen LogP contribution in [0.5, 0.6) is 5.75 Å². The molecule has 2 aromatic heterocycles. The van der Waals surface area contributed by atoms with Gasteiger partial charge in [0, 0.05) is 32.1 Å². The standard InChI is InChI=1S/C11H12FN3O/c1-15-7-6-13-10(15)4-8-16-9-3-2-5-14-11(9)12/h2-3,5-7H,4,8H2,1H3. The highest BCUT2D eigenvalue weighted by atomic mass is 19.1. The molecule has 0 saturated carbocycles. The van der Waals surface area contributed by atoms with Gasteiger partial charge in [-0.2, -0.15) is 4.39 Å². The lowest BCUT2D eigenvalue weighted by atomic mass is 10.4. The van der Waals surface area contributed by atoms with Crippen LogP contribution in [0.4, 0.5) is 4.39 Å². The molecule has 0 radical (unpaired) electrons. The fourth-order valence-electron chi connectivity index (χ4n) is 1.37. The molecule has 4 nitrogen and oxygen atoms in total. The molecule has 0 unspecified atom stereocenters. The van der Waals surface area contributed by atoms with E-state index < -0.39 is 5.95 Å². The molecule has 0 aliphatic rings. The van der Waals surface area contributed by atoms with E-state index in [4.69, 9.17) is 4.74 Å². The van der Waals surface area contributed by atoms with E-state index >= 15 is 0 Å². The van der Waals surface area contributed by atoms with Crippen LogP contribution in [0.15, 0.2) is 30.7 Å². The fraction of sp³-hybridized carbons (Fsp3) is 0.273. The topological polar surface area (TPSA) is 39.9 Å². The van der Waals surface area contributed by atoms with Crippen molar-refractivity contribution in [3.63, 3.8) is 0 Å². The van der Waals surface area contributed by atoms with Gasteiger partial charge in [0.05, 0.1) is 6.61 Å².